The second-order valence-electron chi connectivity index (χ2n) is 3.64. The molecule has 0 bridgehead atoms. The third-order valence-corrected chi connectivity index (χ3v) is 2.72. The predicted octanol–water partition coefficient (Wildman–Crippen LogP) is 3.25. The predicted molar refractivity (Wildman–Crippen MR) is 64.8 cm³/mol. The lowest BCUT2D eigenvalue weighted by atomic mass is 10.1. The van der Waals surface area contributed by atoms with Gasteiger partial charge in [-0.3, -0.25) is 0 Å². The molecule has 0 aliphatic heterocycles. The third-order valence-electron chi connectivity index (χ3n) is 2.45. The second kappa shape index (κ2) is 3.82. The average Bonchev–Trinajstić information content (AvgIpc) is 2.74. The van der Waals surface area contributed by atoms with Crippen LogP contribution >= 0.6 is 11.6 Å². The molecule has 84 valence electrons. The largest absolute Gasteiger partial charge is 0.335 e. The minimum atomic E-state index is 0.368. The van der Waals surface area contributed by atoms with Crippen LogP contribution in [0.1, 0.15) is 5.82 Å². The van der Waals surface area contributed by atoms with Gasteiger partial charge < -0.3 is 4.52 Å². The van der Waals surface area contributed by atoms with Crippen molar-refractivity contribution in [3.63, 3.8) is 0 Å². The lowest BCUT2D eigenvalue weighted by Gasteiger charge is -1.97. The number of nitrogens with zero attached hydrogens (tertiary/aromatic N) is 3. The van der Waals surface area contributed by atoms with Gasteiger partial charge in [0.05, 0.1) is 0 Å². The molecule has 3 rings (SSSR count). The monoisotopic (exact) mass is 245 g/mol. The number of hydrogen-bond acceptors (Lipinski definition) is 4. The first-order valence-electron chi connectivity index (χ1n) is 5.10. The highest BCUT2D eigenvalue weighted by atomic mass is 35.5. The molecule has 2 aromatic heterocycles. The van der Waals surface area contributed by atoms with Crippen molar-refractivity contribution >= 4 is 22.7 Å². The molecular formula is C12H8ClN3O. The van der Waals surface area contributed by atoms with Gasteiger partial charge in [0.1, 0.15) is 22.1 Å². The lowest BCUT2D eigenvalue weighted by molar-refractivity contribution is 0.450. The molecule has 2 heterocycles. The fourth-order valence-electron chi connectivity index (χ4n) is 1.71. The van der Waals surface area contributed by atoms with Gasteiger partial charge in [0, 0.05) is 5.56 Å². The molecule has 0 aliphatic rings. The lowest BCUT2D eigenvalue weighted by Crippen LogP contribution is -1.88. The van der Waals surface area contributed by atoms with Gasteiger partial charge in [-0.05, 0) is 6.92 Å². The Morgan fingerprint density at radius 2 is 1.88 bits per heavy atom. The Hall–Kier alpha value is -1.94. The highest BCUT2D eigenvalue weighted by molar-refractivity contribution is 6.34. The van der Waals surface area contributed by atoms with E-state index in [0.29, 0.717) is 27.8 Å². The normalized spacial score (nSPS) is 10.9. The first-order chi connectivity index (χ1) is 8.25. The third kappa shape index (κ3) is 1.66. The summed E-state index contributed by atoms with van der Waals surface area (Å²) in [5.41, 5.74) is 2.02. The van der Waals surface area contributed by atoms with E-state index in [9.17, 15) is 0 Å². The second-order valence-corrected chi connectivity index (χ2v) is 4.00. The summed E-state index contributed by atoms with van der Waals surface area (Å²) in [5.74, 6) is 0.568. The van der Waals surface area contributed by atoms with Gasteiger partial charge >= 0.3 is 0 Å². The van der Waals surface area contributed by atoms with E-state index in [0.717, 1.165) is 5.56 Å². The van der Waals surface area contributed by atoms with Crippen LogP contribution in [0.5, 0.6) is 0 Å². The van der Waals surface area contributed by atoms with Gasteiger partial charge in [-0.2, -0.15) is 4.98 Å². The molecule has 0 amide bonds. The van der Waals surface area contributed by atoms with E-state index in [-0.39, 0.29) is 0 Å². The standard InChI is InChI=1S/C12H8ClN3O/c1-7-14-11(13)9-10(16-17-12(9)15-7)8-5-3-2-4-6-8/h2-6H,1H3. The number of fused-ring (bicyclic) bond motifs is 1. The zero-order valence-corrected chi connectivity index (χ0v) is 9.77. The molecule has 0 fully saturated rings. The van der Waals surface area contributed by atoms with Crippen molar-refractivity contribution in [3.05, 3.63) is 41.3 Å². The van der Waals surface area contributed by atoms with Gasteiger partial charge in [-0.1, -0.05) is 47.1 Å². The molecule has 0 atom stereocenters. The molecule has 0 radical (unpaired) electrons. The van der Waals surface area contributed by atoms with Gasteiger partial charge in [-0.15, -0.1) is 0 Å². The van der Waals surface area contributed by atoms with E-state index >= 15 is 0 Å². The zero-order chi connectivity index (χ0) is 11.8. The fourth-order valence-corrected chi connectivity index (χ4v) is 2.00. The van der Waals surface area contributed by atoms with Crippen molar-refractivity contribution in [3.8, 4) is 11.3 Å². The highest BCUT2D eigenvalue weighted by Crippen LogP contribution is 2.31. The molecule has 5 heteroatoms. The van der Waals surface area contributed by atoms with Crippen molar-refractivity contribution in [1.82, 2.24) is 15.1 Å². The van der Waals surface area contributed by atoms with Crippen LogP contribution in [0.15, 0.2) is 34.9 Å². The molecule has 0 unspecified atom stereocenters. The van der Waals surface area contributed by atoms with Crippen LogP contribution in [0.2, 0.25) is 5.15 Å². The molecule has 17 heavy (non-hydrogen) atoms. The molecule has 4 nitrogen and oxygen atoms in total. The van der Waals surface area contributed by atoms with Crippen LogP contribution in [0.4, 0.5) is 0 Å². The number of benzene rings is 1. The first-order valence-corrected chi connectivity index (χ1v) is 5.48. The Balaban J connectivity index is 2.32. The van der Waals surface area contributed by atoms with Crippen molar-refractivity contribution in [2.75, 3.05) is 0 Å². The van der Waals surface area contributed by atoms with Gasteiger partial charge in [0.2, 0.25) is 0 Å². The molecule has 0 saturated heterocycles. The Morgan fingerprint density at radius 3 is 2.65 bits per heavy atom. The zero-order valence-electron chi connectivity index (χ0n) is 9.01. The number of halogens is 1. The van der Waals surface area contributed by atoms with Crippen LogP contribution < -0.4 is 0 Å². The van der Waals surface area contributed by atoms with Crippen LogP contribution in [-0.4, -0.2) is 15.1 Å². The summed E-state index contributed by atoms with van der Waals surface area (Å²) >= 11 is 6.11. The van der Waals surface area contributed by atoms with E-state index in [2.05, 4.69) is 15.1 Å². The summed E-state index contributed by atoms with van der Waals surface area (Å²) in [6.07, 6.45) is 0. The van der Waals surface area contributed by atoms with Crippen molar-refractivity contribution in [1.29, 1.82) is 0 Å². The summed E-state index contributed by atoms with van der Waals surface area (Å²) in [7, 11) is 0. The minimum absolute atomic E-state index is 0.368. The summed E-state index contributed by atoms with van der Waals surface area (Å²) < 4.78 is 5.18. The van der Waals surface area contributed by atoms with Crippen molar-refractivity contribution < 1.29 is 4.52 Å². The number of rotatable bonds is 1. The van der Waals surface area contributed by atoms with Crippen molar-refractivity contribution in [2.24, 2.45) is 0 Å². The summed E-state index contributed by atoms with van der Waals surface area (Å²) in [4.78, 5) is 8.27. The van der Waals surface area contributed by atoms with Gasteiger partial charge in [-0.25, -0.2) is 4.98 Å². The smallest absolute Gasteiger partial charge is 0.263 e. The van der Waals surface area contributed by atoms with Gasteiger partial charge in [0.25, 0.3) is 5.71 Å². The van der Waals surface area contributed by atoms with E-state index in [1.807, 2.05) is 30.3 Å². The minimum Gasteiger partial charge on any atom is -0.335 e. The summed E-state index contributed by atoms with van der Waals surface area (Å²) in [6, 6.07) is 9.67. The van der Waals surface area contributed by atoms with Crippen LogP contribution in [0.25, 0.3) is 22.4 Å². The molecule has 1 aromatic carbocycles. The summed E-state index contributed by atoms with van der Waals surface area (Å²) in [5, 5.41) is 5.03. The quantitative estimate of drug-likeness (QED) is 0.618. The van der Waals surface area contributed by atoms with Gasteiger partial charge in [0.15, 0.2) is 0 Å². The molecule has 0 saturated carbocycles. The Kier molecular flexibility index (Phi) is 2.30. The first kappa shape index (κ1) is 10.2. The number of aromatic nitrogens is 3. The number of hydrogen-bond donors (Lipinski definition) is 0. The Bertz CT molecular complexity index is 679. The van der Waals surface area contributed by atoms with E-state index in [1.165, 1.54) is 0 Å². The molecule has 0 N–H and O–H groups in total. The Morgan fingerprint density at radius 1 is 1.12 bits per heavy atom. The average molecular weight is 246 g/mol. The maximum atomic E-state index is 6.11. The maximum Gasteiger partial charge on any atom is 0.263 e. The van der Waals surface area contributed by atoms with E-state index < -0.39 is 0 Å². The summed E-state index contributed by atoms with van der Waals surface area (Å²) in [6.45, 7) is 1.76. The SMILES string of the molecule is Cc1nc(Cl)c2c(-c3ccccc3)noc2n1. The highest BCUT2D eigenvalue weighted by Gasteiger charge is 2.16. The fraction of sp³-hybridized carbons (Fsp3) is 0.0833. The molecule has 0 aliphatic carbocycles. The van der Waals surface area contributed by atoms with E-state index in [4.69, 9.17) is 16.1 Å². The van der Waals surface area contributed by atoms with Crippen LogP contribution in [0, 0.1) is 6.92 Å². The molecule has 3 aromatic rings. The molecule has 0 spiro atoms. The van der Waals surface area contributed by atoms with Crippen LogP contribution in [-0.2, 0) is 0 Å². The molecular weight excluding hydrogens is 238 g/mol. The van der Waals surface area contributed by atoms with E-state index in [1.54, 1.807) is 6.92 Å². The Labute approximate surface area is 102 Å². The number of aryl methyl sites for hydroxylation is 1. The van der Waals surface area contributed by atoms with Crippen molar-refractivity contribution in [2.45, 2.75) is 6.92 Å². The topological polar surface area (TPSA) is 51.8 Å². The maximum absolute atomic E-state index is 6.11. The van der Waals surface area contributed by atoms with Crippen LogP contribution in [0.3, 0.4) is 0 Å².